The van der Waals surface area contributed by atoms with Gasteiger partial charge in [0.15, 0.2) is 11.6 Å². The van der Waals surface area contributed by atoms with Crippen LogP contribution in [0.3, 0.4) is 0 Å². The molecule has 0 aliphatic heterocycles. The second kappa shape index (κ2) is 13.5. The van der Waals surface area contributed by atoms with Crippen LogP contribution in [0.2, 0.25) is 0 Å². The molecule has 4 aromatic heterocycles. The fourth-order valence-corrected chi connectivity index (χ4v) is 9.68. The molecule has 0 bridgehead atoms. The second-order valence-corrected chi connectivity index (χ2v) is 15.8. The lowest BCUT2D eigenvalue weighted by molar-refractivity contribution is 0.673. The molecule has 13 aromatic rings. The molecule has 0 fully saturated rings. The average molecular weight is 794 g/mol. The standard InChI is InChI=1S/C56H35N5O/c1-3-16-36(17-4-1)55-57-58-56(37-18-5-2-6-19-37)60(55)40-30-32-50-46(35-40)42-23-8-12-27-48(42)61(50)47-26-11-7-22-41(47)38-20-15-21-39(34-38)59-49-28-13-9-25-45(49)53-51(59)33-31-44-43-24-10-14-29-52(43)62-54(44)53/h1-35H. The summed E-state index contributed by atoms with van der Waals surface area (Å²) in [5.41, 5.74) is 13.8. The summed E-state index contributed by atoms with van der Waals surface area (Å²) in [6.07, 6.45) is 0. The van der Waals surface area contributed by atoms with Gasteiger partial charge in [0.25, 0.3) is 0 Å². The van der Waals surface area contributed by atoms with Crippen molar-refractivity contribution in [2.45, 2.75) is 0 Å². The first-order valence-corrected chi connectivity index (χ1v) is 20.9. The molecule has 4 heterocycles. The zero-order valence-electron chi connectivity index (χ0n) is 33.4. The molecule has 0 amide bonds. The maximum atomic E-state index is 6.60. The van der Waals surface area contributed by atoms with Gasteiger partial charge in [-0.1, -0.05) is 146 Å². The smallest absolute Gasteiger partial charge is 0.168 e. The molecular weight excluding hydrogens is 759 g/mol. The van der Waals surface area contributed by atoms with E-state index in [4.69, 9.17) is 14.6 Å². The van der Waals surface area contributed by atoms with Crippen molar-refractivity contribution in [3.8, 4) is 51.0 Å². The topological polar surface area (TPSA) is 53.7 Å². The van der Waals surface area contributed by atoms with Crippen molar-refractivity contribution in [3.63, 3.8) is 0 Å². The highest BCUT2D eigenvalue weighted by molar-refractivity contribution is 6.24. The number of para-hydroxylation sites is 4. The van der Waals surface area contributed by atoms with Crippen molar-refractivity contribution in [3.05, 3.63) is 212 Å². The van der Waals surface area contributed by atoms with Crippen molar-refractivity contribution < 1.29 is 4.42 Å². The molecule has 0 aliphatic rings. The minimum atomic E-state index is 0.794. The quantitative estimate of drug-likeness (QED) is 0.168. The molecule has 13 rings (SSSR count). The van der Waals surface area contributed by atoms with Crippen molar-refractivity contribution in [1.29, 1.82) is 0 Å². The van der Waals surface area contributed by atoms with E-state index in [2.05, 4.69) is 184 Å². The summed E-state index contributed by atoms with van der Waals surface area (Å²) in [7, 11) is 0. The van der Waals surface area contributed by atoms with Gasteiger partial charge < -0.3 is 13.6 Å². The normalized spacial score (nSPS) is 11.9. The Hall–Kier alpha value is -8.48. The highest BCUT2D eigenvalue weighted by Crippen LogP contribution is 2.42. The van der Waals surface area contributed by atoms with E-state index in [0.29, 0.717) is 0 Å². The predicted molar refractivity (Wildman–Crippen MR) is 254 cm³/mol. The number of nitrogens with zero attached hydrogens (tertiary/aromatic N) is 5. The SMILES string of the molecule is c1ccc(-c2nnc(-c3ccccc3)n2-c2ccc3c(c2)c2ccccc2n3-c2ccccc2-c2cccc(-n3c4ccccc4c4c5oc6ccccc6c5ccc43)c2)cc1. The number of hydrogen-bond acceptors (Lipinski definition) is 3. The first kappa shape index (κ1) is 34.4. The van der Waals surface area contributed by atoms with Crippen LogP contribution >= 0.6 is 0 Å². The molecule has 0 atom stereocenters. The molecule has 6 nitrogen and oxygen atoms in total. The van der Waals surface area contributed by atoms with Crippen LogP contribution in [0.4, 0.5) is 0 Å². The van der Waals surface area contributed by atoms with Gasteiger partial charge in [0.05, 0.1) is 38.8 Å². The van der Waals surface area contributed by atoms with Crippen molar-refractivity contribution >= 4 is 65.6 Å². The lowest BCUT2D eigenvalue weighted by Gasteiger charge is -2.16. The molecule has 0 spiro atoms. The maximum Gasteiger partial charge on any atom is 0.168 e. The third-order valence-electron chi connectivity index (χ3n) is 12.4. The third-order valence-corrected chi connectivity index (χ3v) is 12.4. The zero-order chi connectivity index (χ0) is 40.7. The van der Waals surface area contributed by atoms with Crippen LogP contribution in [0.25, 0.3) is 117 Å². The largest absolute Gasteiger partial charge is 0.455 e. The van der Waals surface area contributed by atoms with E-state index >= 15 is 0 Å². The summed E-state index contributed by atoms with van der Waals surface area (Å²) in [5, 5.41) is 16.4. The van der Waals surface area contributed by atoms with E-state index in [-0.39, 0.29) is 0 Å². The second-order valence-electron chi connectivity index (χ2n) is 15.8. The van der Waals surface area contributed by atoms with Gasteiger partial charge in [-0.25, -0.2) is 0 Å². The number of furan rings is 1. The summed E-state index contributed by atoms with van der Waals surface area (Å²) in [6.45, 7) is 0. The molecule has 0 unspecified atom stereocenters. The fraction of sp³-hybridized carbons (Fsp3) is 0. The monoisotopic (exact) mass is 793 g/mol. The Bertz CT molecular complexity index is 3810. The van der Waals surface area contributed by atoms with Crippen LogP contribution in [0.1, 0.15) is 0 Å². The molecule has 290 valence electrons. The van der Waals surface area contributed by atoms with Gasteiger partial charge in [-0.05, 0) is 72.3 Å². The summed E-state index contributed by atoms with van der Waals surface area (Å²) >= 11 is 0. The van der Waals surface area contributed by atoms with Gasteiger partial charge in [0.1, 0.15) is 11.2 Å². The van der Waals surface area contributed by atoms with E-state index in [1.54, 1.807) is 0 Å². The predicted octanol–water partition coefficient (Wildman–Crippen LogP) is 14.4. The Kier molecular flexibility index (Phi) is 7.50. The van der Waals surface area contributed by atoms with Crippen LogP contribution in [0.5, 0.6) is 0 Å². The molecule has 0 radical (unpaired) electrons. The van der Waals surface area contributed by atoms with E-state index in [1.807, 2.05) is 42.5 Å². The van der Waals surface area contributed by atoms with Crippen LogP contribution < -0.4 is 0 Å². The van der Waals surface area contributed by atoms with Gasteiger partial charge in [-0.3, -0.25) is 4.57 Å². The van der Waals surface area contributed by atoms with Crippen molar-refractivity contribution in [1.82, 2.24) is 23.9 Å². The molecule has 0 saturated heterocycles. The Morgan fingerprint density at radius 2 is 0.919 bits per heavy atom. The number of fused-ring (bicyclic) bond motifs is 10. The van der Waals surface area contributed by atoms with Crippen LogP contribution in [0.15, 0.2) is 217 Å². The van der Waals surface area contributed by atoms with E-state index in [0.717, 1.165) is 106 Å². The van der Waals surface area contributed by atoms with Crippen molar-refractivity contribution in [2.75, 3.05) is 0 Å². The third kappa shape index (κ3) is 5.10. The Morgan fingerprint density at radius 3 is 1.69 bits per heavy atom. The number of aromatic nitrogens is 5. The molecule has 0 aliphatic carbocycles. The highest BCUT2D eigenvalue weighted by Gasteiger charge is 2.22. The minimum absolute atomic E-state index is 0.794. The van der Waals surface area contributed by atoms with Gasteiger partial charge in [0, 0.05) is 49.3 Å². The number of rotatable bonds is 6. The van der Waals surface area contributed by atoms with E-state index < -0.39 is 0 Å². The minimum Gasteiger partial charge on any atom is -0.455 e. The number of hydrogen-bond donors (Lipinski definition) is 0. The Labute approximate surface area is 355 Å². The van der Waals surface area contributed by atoms with Crippen LogP contribution in [-0.4, -0.2) is 23.9 Å². The van der Waals surface area contributed by atoms with Gasteiger partial charge in [0.2, 0.25) is 0 Å². The average Bonchev–Trinajstić information content (AvgIpc) is 4.12. The first-order chi connectivity index (χ1) is 30.8. The number of benzene rings is 9. The van der Waals surface area contributed by atoms with Gasteiger partial charge in [-0.15, -0.1) is 10.2 Å². The highest BCUT2D eigenvalue weighted by atomic mass is 16.3. The van der Waals surface area contributed by atoms with Gasteiger partial charge >= 0.3 is 0 Å². The fourth-order valence-electron chi connectivity index (χ4n) is 9.68. The molecule has 0 N–H and O–H groups in total. The molecule has 62 heavy (non-hydrogen) atoms. The molecule has 6 heteroatoms. The van der Waals surface area contributed by atoms with Crippen LogP contribution in [-0.2, 0) is 0 Å². The van der Waals surface area contributed by atoms with E-state index in [9.17, 15) is 0 Å². The summed E-state index contributed by atoms with van der Waals surface area (Å²) in [5.74, 6) is 1.59. The van der Waals surface area contributed by atoms with Gasteiger partial charge in [-0.2, -0.15) is 0 Å². The summed E-state index contributed by atoms with van der Waals surface area (Å²) < 4.78 is 13.6. The zero-order valence-corrected chi connectivity index (χ0v) is 33.4. The summed E-state index contributed by atoms with van der Waals surface area (Å²) in [6, 6.07) is 75.1. The molecule has 0 saturated carbocycles. The Morgan fingerprint density at radius 1 is 0.339 bits per heavy atom. The maximum absolute atomic E-state index is 6.60. The lowest BCUT2D eigenvalue weighted by Crippen LogP contribution is -2.01. The Balaban J connectivity index is 0.993. The molecular formula is C56H35N5O. The first-order valence-electron chi connectivity index (χ1n) is 20.9. The summed E-state index contributed by atoms with van der Waals surface area (Å²) in [4.78, 5) is 0. The van der Waals surface area contributed by atoms with Crippen molar-refractivity contribution in [2.24, 2.45) is 0 Å². The van der Waals surface area contributed by atoms with E-state index in [1.165, 1.54) is 10.8 Å². The molecule has 9 aromatic carbocycles. The lowest BCUT2D eigenvalue weighted by atomic mass is 10.0. The van der Waals surface area contributed by atoms with Crippen LogP contribution in [0, 0.1) is 0 Å².